The minimum Gasteiger partial charge on any atom is -0.462 e. The maximum Gasteiger partial charge on any atom is 0.472 e. The fourth-order valence-electron chi connectivity index (χ4n) is 6.45. The Morgan fingerprint density at radius 1 is 0.451 bits per heavy atom. The second kappa shape index (κ2) is 38.8. The van der Waals surface area contributed by atoms with Crippen molar-refractivity contribution in [2.75, 3.05) is 19.8 Å². The van der Waals surface area contributed by atoms with Gasteiger partial charge in [-0.25, -0.2) is 4.57 Å². The van der Waals surface area contributed by atoms with E-state index >= 15 is 0 Å². The van der Waals surface area contributed by atoms with Crippen molar-refractivity contribution in [1.82, 2.24) is 0 Å². The minimum absolute atomic E-state index is 0.00562. The molecule has 0 aliphatic heterocycles. The first-order valence-electron chi connectivity index (χ1n) is 21.8. The zero-order chi connectivity index (χ0) is 37.5. The summed E-state index contributed by atoms with van der Waals surface area (Å²) in [4.78, 5) is 34.7. The number of phosphoric acid groups is 1. The molecule has 9 heteroatoms. The number of unbranched alkanes of at least 4 members (excludes halogenated alkanes) is 29. The molecule has 0 bridgehead atoms. The Morgan fingerprint density at radius 3 is 1.10 bits per heavy atom. The van der Waals surface area contributed by atoms with Crippen LogP contribution in [0.4, 0.5) is 0 Å². The molecule has 0 heterocycles. The van der Waals surface area contributed by atoms with E-state index in [1.807, 2.05) is 0 Å². The zero-order valence-electron chi connectivity index (χ0n) is 33.8. The molecular formula is C42H83O8P. The van der Waals surface area contributed by atoms with Gasteiger partial charge in [0.15, 0.2) is 6.10 Å². The van der Waals surface area contributed by atoms with Gasteiger partial charge in [-0.2, -0.15) is 0 Å². The highest BCUT2D eigenvalue weighted by Gasteiger charge is 2.25. The Labute approximate surface area is 315 Å². The van der Waals surface area contributed by atoms with Gasteiger partial charge in [0.25, 0.3) is 0 Å². The lowest BCUT2D eigenvalue weighted by Gasteiger charge is -2.19. The number of hydrogen-bond acceptors (Lipinski definition) is 7. The molecule has 8 nitrogen and oxygen atoms in total. The summed E-state index contributed by atoms with van der Waals surface area (Å²) in [5.74, 6) is -0.782. The maximum atomic E-state index is 12.5. The molecule has 0 rings (SSSR count). The third-order valence-corrected chi connectivity index (χ3v) is 10.7. The molecule has 0 saturated carbocycles. The number of esters is 2. The predicted molar refractivity (Wildman–Crippen MR) is 212 cm³/mol. The van der Waals surface area contributed by atoms with Crippen molar-refractivity contribution in [3.63, 3.8) is 0 Å². The van der Waals surface area contributed by atoms with Crippen molar-refractivity contribution in [3.05, 3.63) is 0 Å². The fraction of sp³-hybridized carbons (Fsp3) is 0.952. The molecule has 51 heavy (non-hydrogen) atoms. The third-order valence-electron chi connectivity index (χ3n) is 9.66. The SMILES string of the molecule is CCCCCCCCCCCCCCCCCCCCCC(=O)OC(COC(=O)CCCCCCCCCCCCCC)COP(=O)(O)OCC. The molecule has 2 unspecified atom stereocenters. The van der Waals surface area contributed by atoms with Gasteiger partial charge in [0.2, 0.25) is 0 Å². The van der Waals surface area contributed by atoms with Gasteiger partial charge in [-0.15, -0.1) is 0 Å². The summed E-state index contributed by atoms with van der Waals surface area (Å²) >= 11 is 0. The largest absolute Gasteiger partial charge is 0.472 e. The first kappa shape index (κ1) is 50.1. The Hall–Kier alpha value is -0.950. The van der Waals surface area contributed by atoms with Gasteiger partial charge in [0.1, 0.15) is 6.61 Å². The minimum atomic E-state index is -4.27. The van der Waals surface area contributed by atoms with Crippen LogP contribution in [0.15, 0.2) is 0 Å². The summed E-state index contributed by atoms with van der Waals surface area (Å²) < 4.78 is 32.6. The number of hydrogen-bond donors (Lipinski definition) is 1. The summed E-state index contributed by atoms with van der Waals surface area (Å²) in [6, 6.07) is 0. The molecule has 304 valence electrons. The second-order valence-electron chi connectivity index (χ2n) is 14.7. The van der Waals surface area contributed by atoms with Crippen LogP contribution in [0.25, 0.3) is 0 Å². The van der Waals surface area contributed by atoms with Gasteiger partial charge in [-0.05, 0) is 19.8 Å². The van der Waals surface area contributed by atoms with Crippen LogP contribution in [0, 0.1) is 0 Å². The van der Waals surface area contributed by atoms with E-state index in [4.69, 9.17) is 18.5 Å². The molecule has 0 spiro atoms. The summed E-state index contributed by atoms with van der Waals surface area (Å²) in [5, 5.41) is 0. The summed E-state index contributed by atoms with van der Waals surface area (Å²) in [6.07, 6.45) is 38.7. The van der Waals surface area contributed by atoms with Gasteiger partial charge < -0.3 is 14.4 Å². The van der Waals surface area contributed by atoms with Crippen LogP contribution in [0.1, 0.15) is 233 Å². The van der Waals surface area contributed by atoms with Crippen LogP contribution >= 0.6 is 7.82 Å². The number of carbonyl (C=O) groups is 2. The summed E-state index contributed by atoms with van der Waals surface area (Å²) in [5.41, 5.74) is 0. The molecule has 0 saturated heterocycles. The van der Waals surface area contributed by atoms with Crippen molar-refractivity contribution in [3.8, 4) is 0 Å². The first-order chi connectivity index (χ1) is 24.8. The zero-order valence-corrected chi connectivity index (χ0v) is 34.7. The monoisotopic (exact) mass is 747 g/mol. The predicted octanol–water partition coefficient (Wildman–Crippen LogP) is 13.5. The van der Waals surface area contributed by atoms with Gasteiger partial charge >= 0.3 is 19.8 Å². The van der Waals surface area contributed by atoms with Crippen molar-refractivity contribution >= 4 is 19.8 Å². The lowest BCUT2D eigenvalue weighted by atomic mass is 10.0. The topological polar surface area (TPSA) is 108 Å². The Balaban J connectivity index is 4.00. The van der Waals surface area contributed by atoms with E-state index in [0.29, 0.717) is 6.42 Å². The van der Waals surface area contributed by atoms with E-state index in [2.05, 4.69) is 13.8 Å². The van der Waals surface area contributed by atoms with Crippen LogP contribution in [0.5, 0.6) is 0 Å². The van der Waals surface area contributed by atoms with Crippen molar-refractivity contribution in [2.45, 2.75) is 239 Å². The van der Waals surface area contributed by atoms with Crippen LogP contribution in [0.3, 0.4) is 0 Å². The highest BCUT2D eigenvalue weighted by atomic mass is 31.2. The standard InChI is InChI=1S/C42H83O8P/c1-4-7-9-11-13-15-17-19-20-21-22-23-24-25-27-29-31-33-35-37-42(44)50-40(39-49-51(45,46)48-6-3)38-47-41(43)36-34-32-30-28-26-18-16-14-12-10-8-5-2/h40H,4-39H2,1-3H3,(H,45,46). The van der Waals surface area contributed by atoms with Gasteiger partial charge in [0.05, 0.1) is 13.2 Å². The third kappa shape index (κ3) is 38.6. The molecule has 0 amide bonds. The van der Waals surface area contributed by atoms with Gasteiger partial charge in [-0.1, -0.05) is 200 Å². The number of phosphoric ester groups is 1. The Kier molecular flexibility index (Phi) is 38.0. The van der Waals surface area contributed by atoms with Crippen LogP contribution in [-0.4, -0.2) is 42.8 Å². The molecule has 0 aliphatic carbocycles. The molecule has 0 aromatic carbocycles. The molecule has 0 aromatic heterocycles. The lowest BCUT2D eigenvalue weighted by molar-refractivity contribution is -0.161. The quantitative estimate of drug-likeness (QED) is 0.0374. The Bertz CT molecular complexity index is 808. The molecule has 0 aromatic rings. The average Bonchev–Trinajstić information content (AvgIpc) is 3.10. The molecule has 1 N–H and O–H groups in total. The fourth-order valence-corrected chi connectivity index (χ4v) is 7.21. The number of carbonyl (C=O) groups excluding carboxylic acids is 2. The highest BCUT2D eigenvalue weighted by molar-refractivity contribution is 7.47. The van der Waals surface area contributed by atoms with Gasteiger partial charge in [-0.3, -0.25) is 18.6 Å². The van der Waals surface area contributed by atoms with E-state index in [1.54, 1.807) is 6.92 Å². The van der Waals surface area contributed by atoms with E-state index in [0.717, 1.165) is 38.5 Å². The molecular weight excluding hydrogens is 663 g/mol. The van der Waals surface area contributed by atoms with Crippen LogP contribution < -0.4 is 0 Å². The van der Waals surface area contributed by atoms with Gasteiger partial charge in [0, 0.05) is 12.8 Å². The molecule has 0 aliphatic rings. The first-order valence-corrected chi connectivity index (χ1v) is 23.3. The smallest absolute Gasteiger partial charge is 0.462 e. The average molecular weight is 747 g/mol. The summed E-state index contributed by atoms with van der Waals surface area (Å²) in [6.45, 7) is 5.51. The maximum absolute atomic E-state index is 12.5. The number of ether oxygens (including phenoxy) is 2. The highest BCUT2D eigenvalue weighted by Crippen LogP contribution is 2.43. The van der Waals surface area contributed by atoms with E-state index in [1.165, 1.54) is 161 Å². The van der Waals surface area contributed by atoms with E-state index in [9.17, 15) is 19.0 Å². The van der Waals surface area contributed by atoms with Crippen LogP contribution in [-0.2, 0) is 32.7 Å². The van der Waals surface area contributed by atoms with Crippen LogP contribution in [0.2, 0.25) is 0 Å². The summed E-state index contributed by atoms with van der Waals surface area (Å²) in [7, 11) is -4.27. The van der Waals surface area contributed by atoms with E-state index < -0.39 is 19.9 Å². The van der Waals surface area contributed by atoms with Crippen molar-refractivity contribution < 1.29 is 37.6 Å². The molecule has 0 radical (unpaired) electrons. The normalized spacial score (nSPS) is 13.3. The molecule has 2 atom stereocenters. The molecule has 0 fully saturated rings. The number of rotatable bonds is 41. The van der Waals surface area contributed by atoms with Crippen molar-refractivity contribution in [1.29, 1.82) is 0 Å². The van der Waals surface area contributed by atoms with Crippen molar-refractivity contribution in [2.24, 2.45) is 0 Å². The second-order valence-corrected chi connectivity index (χ2v) is 16.2. The Morgan fingerprint density at radius 2 is 0.765 bits per heavy atom. The lowest BCUT2D eigenvalue weighted by Crippen LogP contribution is -2.29. The van der Waals surface area contributed by atoms with E-state index in [-0.39, 0.29) is 32.2 Å².